The Hall–Kier alpha value is -4.22. The maximum absolute atomic E-state index is 12.8. The summed E-state index contributed by atoms with van der Waals surface area (Å²) in [5.41, 5.74) is 1.61. The summed E-state index contributed by atoms with van der Waals surface area (Å²) in [6.07, 6.45) is 0. The smallest absolute Gasteiger partial charge is 0.375 e. The molecule has 0 spiro atoms. The monoisotopic (exact) mass is 472 g/mol. The highest BCUT2D eigenvalue weighted by Gasteiger charge is 2.23. The van der Waals surface area contributed by atoms with Gasteiger partial charge in [0.2, 0.25) is 5.76 Å². The maximum Gasteiger partial charge on any atom is 0.375 e. The summed E-state index contributed by atoms with van der Waals surface area (Å²) in [4.78, 5) is 26.0. The maximum atomic E-state index is 12.8. The Morgan fingerprint density at radius 1 is 0.971 bits per heavy atom. The number of rotatable bonds is 9. The Balaban J connectivity index is 1.45. The molecule has 1 aromatic heterocycles. The summed E-state index contributed by atoms with van der Waals surface area (Å²) in [7, 11) is 0. The van der Waals surface area contributed by atoms with Crippen molar-refractivity contribution in [2.45, 2.75) is 11.5 Å². The van der Waals surface area contributed by atoms with Crippen LogP contribution in [0.15, 0.2) is 88.2 Å². The number of anilines is 1. The molecule has 1 heterocycles. The number of nitrogens with one attached hydrogen (secondary N) is 1. The predicted octanol–water partition coefficient (Wildman–Crippen LogP) is 5.42. The lowest BCUT2D eigenvalue weighted by molar-refractivity contribution is -0.119. The molecule has 170 valence electrons. The Bertz CT molecular complexity index is 1340. The quantitative estimate of drug-likeness (QED) is 0.256. The number of furan rings is 1. The van der Waals surface area contributed by atoms with Crippen molar-refractivity contribution in [2.75, 3.05) is 17.7 Å². The Morgan fingerprint density at radius 2 is 1.71 bits per heavy atom. The molecule has 0 atom stereocenters. The van der Waals surface area contributed by atoms with Crippen LogP contribution in [0.4, 0.5) is 5.69 Å². The predicted molar refractivity (Wildman–Crippen MR) is 129 cm³/mol. The van der Waals surface area contributed by atoms with Gasteiger partial charge in [-0.1, -0.05) is 48.5 Å². The summed E-state index contributed by atoms with van der Waals surface area (Å²) < 4.78 is 16.8. The zero-order valence-corrected chi connectivity index (χ0v) is 18.8. The molecule has 4 aromatic rings. The van der Waals surface area contributed by atoms with Gasteiger partial charge >= 0.3 is 5.97 Å². The molecule has 0 aliphatic carbocycles. The van der Waals surface area contributed by atoms with Gasteiger partial charge in [-0.05, 0) is 30.3 Å². The second-order valence-electron chi connectivity index (χ2n) is 7.07. The van der Waals surface area contributed by atoms with Gasteiger partial charge in [0.1, 0.15) is 17.9 Å². The molecule has 0 bridgehead atoms. The van der Waals surface area contributed by atoms with Gasteiger partial charge in [-0.25, -0.2) is 4.79 Å². The zero-order valence-electron chi connectivity index (χ0n) is 18.0. The Labute approximate surface area is 200 Å². The summed E-state index contributed by atoms with van der Waals surface area (Å²) in [5, 5.41) is 12.2. The van der Waals surface area contributed by atoms with Crippen molar-refractivity contribution in [1.29, 1.82) is 5.26 Å². The minimum atomic E-state index is -0.759. The van der Waals surface area contributed by atoms with Crippen LogP contribution in [-0.2, 0) is 16.1 Å². The van der Waals surface area contributed by atoms with Gasteiger partial charge < -0.3 is 19.2 Å². The van der Waals surface area contributed by atoms with Gasteiger partial charge in [0.15, 0.2) is 6.61 Å². The zero-order chi connectivity index (χ0) is 23.8. The van der Waals surface area contributed by atoms with Crippen molar-refractivity contribution in [2.24, 2.45) is 0 Å². The molecule has 8 heteroatoms. The first-order valence-electron chi connectivity index (χ1n) is 10.4. The summed E-state index contributed by atoms with van der Waals surface area (Å²) in [6.45, 7) is -0.396. The van der Waals surface area contributed by atoms with Gasteiger partial charge in [-0.2, -0.15) is 5.26 Å². The number of amides is 1. The van der Waals surface area contributed by atoms with Gasteiger partial charge in [0.05, 0.1) is 23.1 Å². The molecule has 0 fully saturated rings. The summed E-state index contributed by atoms with van der Waals surface area (Å²) in [6, 6.07) is 25.6. The number of carbonyl (C=O) groups is 2. The van der Waals surface area contributed by atoms with Crippen molar-refractivity contribution in [3.63, 3.8) is 0 Å². The number of thioether (sulfide) groups is 1. The number of hydrogen-bond donors (Lipinski definition) is 1. The first kappa shape index (κ1) is 23.0. The topological polar surface area (TPSA) is 102 Å². The number of carbonyl (C=O) groups excluding carboxylic acids is 2. The second-order valence-corrected chi connectivity index (χ2v) is 8.09. The lowest BCUT2D eigenvalue weighted by Crippen LogP contribution is -2.21. The van der Waals surface area contributed by atoms with E-state index in [4.69, 9.17) is 19.2 Å². The van der Waals surface area contributed by atoms with E-state index in [1.807, 2.05) is 48.5 Å². The highest BCUT2D eigenvalue weighted by atomic mass is 32.2. The number of nitriles is 1. The fraction of sp³-hybridized carbons (Fsp3) is 0.115. The van der Waals surface area contributed by atoms with Crippen molar-refractivity contribution in [3.05, 3.63) is 90.2 Å². The highest BCUT2D eigenvalue weighted by molar-refractivity contribution is 7.99. The van der Waals surface area contributed by atoms with Crippen LogP contribution in [0.2, 0.25) is 0 Å². The minimum absolute atomic E-state index is 0.00472. The lowest BCUT2D eigenvalue weighted by atomic mass is 10.1. The van der Waals surface area contributed by atoms with E-state index >= 15 is 0 Å². The average molecular weight is 473 g/mol. The molecular formula is C26H20N2O5S. The SMILES string of the molecule is N#CCSc1ccccc1NC(=O)COC(=O)c1oc2ccccc2c1COc1ccccc1. The lowest BCUT2D eigenvalue weighted by Gasteiger charge is -2.10. The van der Waals surface area contributed by atoms with Crippen LogP contribution in [0.5, 0.6) is 5.75 Å². The van der Waals surface area contributed by atoms with Crippen molar-refractivity contribution in [3.8, 4) is 11.8 Å². The van der Waals surface area contributed by atoms with Crippen LogP contribution in [0, 0.1) is 11.3 Å². The molecular weight excluding hydrogens is 452 g/mol. The van der Waals surface area contributed by atoms with Crippen molar-refractivity contribution < 1.29 is 23.5 Å². The molecule has 0 aliphatic rings. The molecule has 0 saturated heterocycles. The molecule has 34 heavy (non-hydrogen) atoms. The van der Waals surface area contributed by atoms with Crippen LogP contribution < -0.4 is 10.1 Å². The molecule has 0 aliphatic heterocycles. The molecule has 1 amide bonds. The average Bonchev–Trinajstić information content (AvgIpc) is 3.25. The molecule has 0 saturated carbocycles. The van der Waals surface area contributed by atoms with E-state index in [2.05, 4.69) is 11.4 Å². The number of benzene rings is 3. The fourth-order valence-electron chi connectivity index (χ4n) is 3.27. The molecule has 0 radical (unpaired) electrons. The third-order valence-corrected chi connectivity index (χ3v) is 5.74. The van der Waals surface area contributed by atoms with Crippen LogP contribution in [0.1, 0.15) is 16.1 Å². The third-order valence-electron chi connectivity index (χ3n) is 4.80. The Morgan fingerprint density at radius 3 is 2.53 bits per heavy atom. The van der Waals surface area contributed by atoms with Crippen LogP contribution in [0.3, 0.4) is 0 Å². The Kier molecular flexibility index (Phi) is 7.48. The van der Waals surface area contributed by atoms with Gasteiger partial charge in [0, 0.05) is 10.3 Å². The van der Waals surface area contributed by atoms with E-state index in [0.717, 1.165) is 10.3 Å². The number of ether oxygens (including phenoxy) is 2. The largest absolute Gasteiger partial charge is 0.489 e. The summed E-state index contributed by atoms with van der Waals surface area (Å²) in [5.74, 6) is -0.363. The second kappa shape index (κ2) is 11.1. The number of esters is 1. The number of para-hydroxylation sites is 3. The fourth-order valence-corrected chi connectivity index (χ4v) is 3.94. The first-order valence-corrected chi connectivity index (χ1v) is 11.4. The highest BCUT2D eigenvalue weighted by Crippen LogP contribution is 2.29. The number of hydrogen-bond acceptors (Lipinski definition) is 7. The molecule has 0 unspecified atom stereocenters. The normalized spacial score (nSPS) is 10.4. The van der Waals surface area contributed by atoms with E-state index in [1.165, 1.54) is 11.8 Å². The van der Waals surface area contributed by atoms with Crippen LogP contribution in [0.25, 0.3) is 11.0 Å². The van der Waals surface area contributed by atoms with Crippen LogP contribution >= 0.6 is 11.8 Å². The van der Waals surface area contributed by atoms with E-state index in [-0.39, 0.29) is 18.1 Å². The number of fused-ring (bicyclic) bond motifs is 1. The van der Waals surface area contributed by atoms with E-state index in [0.29, 0.717) is 22.6 Å². The summed E-state index contributed by atoms with van der Waals surface area (Å²) >= 11 is 1.31. The van der Waals surface area contributed by atoms with Gasteiger partial charge in [-0.3, -0.25) is 4.79 Å². The standard InChI is InChI=1S/C26H20N2O5S/c27-14-15-34-23-13-7-5-11-21(23)28-24(29)17-32-26(30)25-20(16-31-18-8-2-1-3-9-18)19-10-4-6-12-22(19)33-25/h1-13H,15-17H2,(H,28,29). The molecule has 1 N–H and O–H groups in total. The molecule has 7 nitrogen and oxygen atoms in total. The van der Waals surface area contributed by atoms with Crippen molar-refractivity contribution in [1.82, 2.24) is 0 Å². The van der Waals surface area contributed by atoms with Gasteiger partial charge in [-0.15, -0.1) is 11.8 Å². The van der Waals surface area contributed by atoms with E-state index in [9.17, 15) is 9.59 Å². The minimum Gasteiger partial charge on any atom is -0.489 e. The van der Waals surface area contributed by atoms with E-state index < -0.39 is 18.5 Å². The van der Waals surface area contributed by atoms with Gasteiger partial charge in [0.25, 0.3) is 5.91 Å². The molecule has 3 aromatic carbocycles. The van der Waals surface area contributed by atoms with E-state index in [1.54, 1.807) is 30.3 Å². The number of nitrogens with zero attached hydrogens (tertiary/aromatic N) is 1. The third kappa shape index (κ3) is 5.57. The van der Waals surface area contributed by atoms with Crippen LogP contribution in [-0.4, -0.2) is 24.2 Å². The first-order chi connectivity index (χ1) is 16.7. The van der Waals surface area contributed by atoms with Crippen molar-refractivity contribution >= 4 is 40.3 Å². The molecule has 4 rings (SSSR count).